The Kier molecular flexibility index (Phi) is 7.68. The third-order valence-corrected chi connectivity index (χ3v) is 6.94. The van der Waals surface area contributed by atoms with Gasteiger partial charge >= 0.3 is 5.97 Å². The van der Waals surface area contributed by atoms with Crippen molar-refractivity contribution in [3.8, 4) is 34.1 Å². The van der Waals surface area contributed by atoms with Crippen LogP contribution in [0.3, 0.4) is 0 Å². The van der Waals surface area contributed by atoms with E-state index in [0.29, 0.717) is 35.7 Å². The molecule has 0 N–H and O–H groups in total. The molecule has 10 nitrogen and oxygen atoms in total. The Bertz CT molecular complexity index is 1600. The summed E-state index contributed by atoms with van der Waals surface area (Å²) in [6.07, 6.45) is 2.69. The van der Waals surface area contributed by atoms with Gasteiger partial charge in [0.1, 0.15) is 6.61 Å². The van der Waals surface area contributed by atoms with Gasteiger partial charge in [-0.25, -0.2) is 9.48 Å². The Morgan fingerprint density at radius 3 is 2.38 bits per heavy atom. The van der Waals surface area contributed by atoms with Crippen molar-refractivity contribution in [2.75, 3.05) is 28.4 Å². The minimum atomic E-state index is -0.590. The van der Waals surface area contributed by atoms with Crippen molar-refractivity contribution in [3.63, 3.8) is 0 Å². The number of carbonyl (C=O) groups is 1. The lowest BCUT2D eigenvalue weighted by atomic mass is 9.95. The van der Waals surface area contributed by atoms with E-state index in [1.54, 1.807) is 44.3 Å². The topological polar surface area (TPSA) is 111 Å². The fraction of sp³-hybridized carbons (Fsp3) is 0.267. The third-order valence-electron chi connectivity index (χ3n) is 6.94. The predicted molar refractivity (Wildman–Crippen MR) is 146 cm³/mol. The second-order valence-electron chi connectivity index (χ2n) is 9.16. The Morgan fingerprint density at radius 1 is 0.925 bits per heavy atom. The van der Waals surface area contributed by atoms with E-state index in [9.17, 15) is 9.59 Å². The minimum absolute atomic E-state index is 0.0698. The maximum atomic E-state index is 13.1. The van der Waals surface area contributed by atoms with Gasteiger partial charge in [-0.05, 0) is 53.3 Å². The minimum Gasteiger partial charge on any atom is -0.493 e. The number of ether oxygens (including phenoxy) is 5. The number of benzene rings is 2. The van der Waals surface area contributed by atoms with Gasteiger partial charge in [-0.2, -0.15) is 0 Å². The summed E-state index contributed by atoms with van der Waals surface area (Å²) in [4.78, 5) is 25.9. The Hall–Kier alpha value is -4.86. The van der Waals surface area contributed by atoms with E-state index in [-0.39, 0.29) is 23.5 Å². The van der Waals surface area contributed by atoms with Crippen LogP contribution in [0.5, 0.6) is 23.0 Å². The van der Waals surface area contributed by atoms with Crippen LogP contribution in [0.4, 0.5) is 0 Å². The summed E-state index contributed by atoms with van der Waals surface area (Å²) < 4.78 is 29.5. The van der Waals surface area contributed by atoms with E-state index >= 15 is 0 Å². The summed E-state index contributed by atoms with van der Waals surface area (Å²) in [6.45, 7) is 0.118. The number of fused-ring (bicyclic) bond motifs is 3. The molecule has 0 bridgehead atoms. The van der Waals surface area contributed by atoms with Crippen molar-refractivity contribution in [1.29, 1.82) is 0 Å². The van der Waals surface area contributed by atoms with Crippen LogP contribution in [0.2, 0.25) is 0 Å². The molecule has 0 saturated carbocycles. The van der Waals surface area contributed by atoms with E-state index in [1.807, 2.05) is 42.5 Å². The number of nitrogens with zero attached hydrogens (tertiary/aromatic N) is 3. The molecule has 1 aliphatic carbocycles. The summed E-state index contributed by atoms with van der Waals surface area (Å²) >= 11 is 0. The molecule has 3 aromatic carbocycles. The van der Waals surface area contributed by atoms with Gasteiger partial charge in [-0.3, -0.25) is 4.79 Å². The number of hydrogen-bond acceptors (Lipinski definition) is 9. The largest absolute Gasteiger partial charge is 0.493 e. The maximum absolute atomic E-state index is 13.1. The predicted octanol–water partition coefficient (Wildman–Crippen LogP) is 4.23. The molecule has 0 amide bonds. The van der Waals surface area contributed by atoms with Crippen LogP contribution in [-0.4, -0.2) is 49.4 Å². The van der Waals surface area contributed by atoms with Crippen LogP contribution < -0.4 is 24.4 Å². The average molecular weight is 544 g/mol. The average Bonchev–Trinajstić information content (AvgIpc) is 3.35. The lowest BCUT2D eigenvalue weighted by Gasteiger charge is -2.19. The zero-order chi connectivity index (χ0) is 28.2. The van der Waals surface area contributed by atoms with Crippen molar-refractivity contribution in [2.45, 2.75) is 25.5 Å². The van der Waals surface area contributed by atoms with Crippen LogP contribution >= 0.6 is 0 Å². The van der Waals surface area contributed by atoms with Crippen molar-refractivity contribution >= 4 is 5.97 Å². The fourth-order valence-electron chi connectivity index (χ4n) is 5.04. The van der Waals surface area contributed by atoms with Gasteiger partial charge in [0, 0.05) is 5.56 Å². The smallest absolute Gasteiger partial charge is 0.360 e. The molecule has 0 radical (unpaired) electrons. The standard InChI is InChI=1S/C30H29N3O7/c1-36-25-13-11-20-21(15-24(25)34)23(12-10-19-14-26(37-2)28(38-3)29(39-4)27(19)20)33-16-22(31-32-33)30(35)40-17-18-8-6-5-7-9-18/h5-9,11,13-16,23H,10,12,17H2,1-4H3/t23-/m0/s1. The van der Waals surface area contributed by atoms with Crippen LogP contribution in [0.25, 0.3) is 11.1 Å². The van der Waals surface area contributed by atoms with Crippen molar-refractivity contribution in [1.82, 2.24) is 15.0 Å². The normalized spacial score (nSPS) is 13.8. The van der Waals surface area contributed by atoms with Gasteiger partial charge in [0.25, 0.3) is 0 Å². The lowest BCUT2D eigenvalue weighted by Crippen LogP contribution is -2.14. The first kappa shape index (κ1) is 26.7. The third kappa shape index (κ3) is 4.95. The first-order chi connectivity index (χ1) is 19.5. The maximum Gasteiger partial charge on any atom is 0.360 e. The van der Waals surface area contributed by atoms with Crippen molar-refractivity contribution < 1.29 is 28.5 Å². The summed E-state index contributed by atoms with van der Waals surface area (Å²) in [5.74, 6) is 1.06. The highest BCUT2D eigenvalue weighted by molar-refractivity contribution is 5.87. The van der Waals surface area contributed by atoms with Crippen molar-refractivity contribution in [2.24, 2.45) is 0 Å². The molecule has 5 rings (SSSR count). The first-order valence-corrected chi connectivity index (χ1v) is 12.7. The number of aromatic nitrogens is 3. The Balaban J connectivity index is 1.60. The van der Waals surface area contributed by atoms with Gasteiger partial charge in [0.15, 0.2) is 22.9 Å². The molecule has 206 valence electrons. The molecule has 10 heteroatoms. The zero-order valence-electron chi connectivity index (χ0n) is 22.7. The summed E-state index contributed by atoms with van der Waals surface area (Å²) in [5, 5.41) is 8.36. The van der Waals surface area contributed by atoms with Gasteiger partial charge in [0.2, 0.25) is 11.2 Å². The molecule has 0 unspecified atom stereocenters. The number of carbonyl (C=O) groups excluding carboxylic acids is 1. The number of esters is 1. The number of methoxy groups -OCH3 is 4. The number of hydrogen-bond donors (Lipinski definition) is 0. The van der Waals surface area contributed by atoms with Gasteiger partial charge in [-0.1, -0.05) is 41.6 Å². The van der Waals surface area contributed by atoms with Crippen LogP contribution in [0.1, 0.15) is 39.6 Å². The molecule has 1 atom stereocenters. The summed E-state index contributed by atoms with van der Waals surface area (Å²) in [5.41, 5.74) is 3.77. The van der Waals surface area contributed by atoms with E-state index in [0.717, 1.165) is 22.3 Å². The van der Waals surface area contributed by atoms with Crippen molar-refractivity contribution in [3.05, 3.63) is 93.4 Å². The number of rotatable bonds is 8. The van der Waals surface area contributed by atoms with Gasteiger partial charge in [-0.15, -0.1) is 5.10 Å². The monoisotopic (exact) mass is 543 g/mol. The molecular weight excluding hydrogens is 514 g/mol. The second kappa shape index (κ2) is 11.5. The first-order valence-electron chi connectivity index (χ1n) is 12.7. The molecule has 0 spiro atoms. The quantitative estimate of drug-likeness (QED) is 0.301. The number of aryl methyl sites for hydroxylation is 1. The highest BCUT2D eigenvalue weighted by Crippen LogP contribution is 2.50. The molecule has 1 aromatic heterocycles. The summed E-state index contributed by atoms with van der Waals surface area (Å²) in [7, 11) is 6.13. The molecule has 0 fully saturated rings. The van der Waals surface area contributed by atoms with E-state index < -0.39 is 12.0 Å². The van der Waals surface area contributed by atoms with E-state index in [1.165, 1.54) is 7.11 Å². The Morgan fingerprint density at radius 2 is 1.68 bits per heavy atom. The van der Waals surface area contributed by atoms with Crippen LogP contribution in [0.15, 0.2) is 65.6 Å². The SMILES string of the molecule is COc1cc2c(c(OC)c1OC)-c1ccc(OC)c(=O)cc1[C@@H](n1cc(C(=O)OCc3ccccc3)nn1)CC2. The van der Waals surface area contributed by atoms with Gasteiger partial charge in [0.05, 0.1) is 40.7 Å². The molecule has 4 aromatic rings. The lowest BCUT2D eigenvalue weighted by molar-refractivity contribution is 0.0465. The van der Waals surface area contributed by atoms with E-state index in [2.05, 4.69) is 10.3 Å². The summed E-state index contributed by atoms with van der Waals surface area (Å²) in [6, 6.07) is 15.9. The van der Waals surface area contributed by atoms with E-state index in [4.69, 9.17) is 23.7 Å². The zero-order valence-corrected chi connectivity index (χ0v) is 22.7. The molecular formula is C30H29N3O7. The molecule has 1 aliphatic rings. The van der Waals surface area contributed by atoms with Gasteiger partial charge < -0.3 is 23.7 Å². The highest BCUT2D eigenvalue weighted by atomic mass is 16.5. The molecule has 0 aliphatic heterocycles. The van der Waals surface area contributed by atoms with Crippen LogP contribution in [0, 0.1) is 0 Å². The highest BCUT2D eigenvalue weighted by Gasteiger charge is 2.31. The Labute approximate surface area is 231 Å². The second-order valence-corrected chi connectivity index (χ2v) is 9.16. The fourth-order valence-corrected chi connectivity index (χ4v) is 5.04. The molecule has 0 saturated heterocycles. The van der Waals surface area contributed by atoms with Crippen LogP contribution in [-0.2, 0) is 17.8 Å². The molecule has 40 heavy (non-hydrogen) atoms. The molecule has 1 heterocycles.